The molecule has 10 nitrogen and oxygen atoms in total. The fraction of sp³-hybridized carbons (Fsp3) is 0.545. The largest absolute Gasteiger partial charge is 0.334 e. The van der Waals surface area contributed by atoms with E-state index in [0.717, 1.165) is 0 Å². The fourth-order valence-corrected chi connectivity index (χ4v) is 2.60. The van der Waals surface area contributed by atoms with E-state index in [1.807, 2.05) is 0 Å². The Hall–Kier alpha value is -2.49. The van der Waals surface area contributed by atoms with Gasteiger partial charge in [0.15, 0.2) is 5.69 Å². The van der Waals surface area contributed by atoms with Gasteiger partial charge in [0.25, 0.3) is 11.8 Å². The van der Waals surface area contributed by atoms with Crippen LogP contribution in [0.5, 0.6) is 0 Å². The van der Waals surface area contributed by atoms with Gasteiger partial charge in [-0.25, -0.2) is 4.79 Å². The fourth-order valence-electron chi connectivity index (χ4n) is 2.60. The zero-order valence-corrected chi connectivity index (χ0v) is 11.2. The third-order valence-corrected chi connectivity index (χ3v) is 3.69. The quantitative estimate of drug-likeness (QED) is 0.534. The minimum absolute atomic E-state index is 0.132. The van der Waals surface area contributed by atoms with E-state index in [4.69, 9.17) is 5.73 Å². The molecular weight excluding hydrogens is 278 g/mol. The van der Waals surface area contributed by atoms with Gasteiger partial charge in [-0.1, -0.05) is 5.21 Å². The van der Waals surface area contributed by atoms with Crippen LogP contribution in [-0.4, -0.2) is 62.9 Å². The summed E-state index contributed by atoms with van der Waals surface area (Å²) < 4.78 is 1.49. The number of likely N-dealkylation sites (tertiary alicyclic amines) is 1. The van der Waals surface area contributed by atoms with Crippen molar-refractivity contribution in [3.05, 3.63) is 11.9 Å². The number of urea groups is 1. The Kier molecular flexibility index (Phi) is 3.09. The first-order valence-electron chi connectivity index (χ1n) is 6.57. The van der Waals surface area contributed by atoms with Crippen LogP contribution in [0.3, 0.4) is 0 Å². The van der Waals surface area contributed by atoms with Gasteiger partial charge in [0, 0.05) is 13.1 Å². The summed E-state index contributed by atoms with van der Waals surface area (Å²) in [6, 6.07) is -0.525. The highest BCUT2D eigenvalue weighted by molar-refractivity contribution is 6.08. The summed E-state index contributed by atoms with van der Waals surface area (Å²) in [5.41, 5.74) is 4.59. The van der Waals surface area contributed by atoms with E-state index in [2.05, 4.69) is 20.9 Å². The minimum Gasteiger partial charge on any atom is -0.334 e. The van der Waals surface area contributed by atoms with Gasteiger partial charge in [-0.15, -0.1) is 5.10 Å². The molecule has 0 aromatic carbocycles. The molecule has 112 valence electrons. The van der Waals surface area contributed by atoms with Crippen LogP contribution < -0.4 is 16.4 Å². The van der Waals surface area contributed by atoms with Gasteiger partial charge >= 0.3 is 6.03 Å². The van der Waals surface area contributed by atoms with Gasteiger partial charge in [-0.05, 0) is 6.42 Å². The number of carbonyl (C=O) groups excluding carboxylic acids is 3. The van der Waals surface area contributed by atoms with Crippen LogP contribution in [0.15, 0.2) is 6.20 Å². The number of carbonyl (C=O) groups is 3. The van der Waals surface area contributed by atoms with Crippen molar-refractivity contribution in [3.8, 4) is 0 Å². The molecule has 3 rings (SSSR count). The lowest BCUT2D eigenvalue weighted by atomic mass is 10.00. The van der Waals surface area contributed by atoms with E-state index in [9.17, 15) is 14.4 Å². The van der Waals surface area contributed by atoms with Gasteiger partial charge in [0.2, 0.25) is 0 Å². The van der Waals surface area contributed by atoms with Crippen molar-refractivity contribution in [2.75, 3.05) is 19.6 Å². The predicted molar refractivity (Wildman–Crippen MR) is 69.0 cm³/mol. The molecule has 0 radical (unpaired) electrons. The highest BCUT2D eigenvalue weighted by atomic mass is 16.2. The van der Waals surface area contributed by atoms with E-state index in [1.165, 1.54) is 15.8 Å². The molecule has 1 atom stereocenters. The minimum atomic E-state index is -1.01. The van der Waals surface area contributed by atoms with Crippen molar-refractivity contribution in [1.82, 2.24) is 30.5 Å². The molecule has 0 aliphatic carbocycles. The van der Waals surface area contributed by atoms with Crippen LogP contribution in [0.25, 0.3) is 0 Å². The molecule has 1 spiro atoms. The number of hydrogen-bond donors (Lipinski definition) is 3. The van der Waals surface area contributed by atoms with E-state index in [-0.39, 0.29) is 18.1 Å². The Morgan fingerprint density at radius 2 is 2.29 bits per heavy atom. The van der Waals surface area contributed by atoms with Crippen molar-refractivity contribution in [2.24, 2.45) is 5.73 Å². The highest BCUT2D eigenvalue weighted by Gasteiger charge is 2.51. The lowest BCUT2D eigenvalue weighted by Gasteiger charge is -2.20. The summed E-state index contributed by atoms with van der Waals surface area (Å²) >= 11 is 0. The highest BCUT2D eigenvalue weighted by Crippen LogP contribution is 2.25. The third kappa shape index (κ3) is 2.23. The zero-order valence-electron chi connectivity index (χ0n) is 11.2. The van der Waals surface area contributed by atoms with Crippen molar-refractivity contribution in [2.45, 2.75) is 18.5 Å². The molecule has 1 aromatic heterocycles. The molecule has 10 heteroatoms. The summed E-state index contributed by atoms with van der Waals surface area (Å²) in [4.78, 5) is 36.9. The summed E-state index contributed by atoms with van der Waals surface area (Å²) in [6.45, 7) is 1.38. The second kappa shape index (κ2) is 4.81. The molecule has 4 N–H and O–H groups in total. The summed E-state index contributed by atoms with van der Waals surface area (Å²) in [6.07, 6.45) is 1.90. The number of nitrogens with one attached hydrogen (secondary N) is 2. The van der Waals surface area contributed by atoms with Gasteiger partial charge < -0.3 is 16.0 Å². The first-order chi connectivity index (χ1) is 10.0. The molecule has 3 heterocycles. The number of nitrogens with zero attached hydrogens (tertiary/aromatic N) is 4. The lowest BCUT2D eigenvalue weighted by molar-refractivity contribution is -0.123. The Morgan fingerprint density at radius 3 is 2.95 bits per heavy atom. The van der Waals surface area contributed by atoms with E-state index >= 15 is 0 Å². The maximum Gasteiger partial charge on any atom is 0.322 e. The molecule has 2 saturated heterocycles. The molecule has 0 bridgehead atoms. The second-order valence-electron chi connectivity index (χ2n) is 5.12. The van der Waals surface area contributed by atoms with Crippen LogP contribution in [0, 0.1) is 0 Å². The summed E-state index contributed by atoms with van der Waals surface area (Å²) in [5.74, 6) is -0.710. The van der Waals surface area contributed by atoms with Crippen molar-refractivity contribution in [3.63, 3.8) is 0 Å². The molecule has 4 amide bonds. The van der Waals surface area contributed by atoms with Crippen LogP contribution in [-0.2, 0) is 11.3 Å². The van der Waals surface area contributed by atoms with Crippen molar-refractivity contribution in [1.29, 1.82) is 0 Å². The number of amides is 4. The van der Waals surface area contributed by atoms with Gasteiger partial charge in [-0.3, -0.25) is 19.6 Å². The Bertz CT molecular complexity index is 613. The number of imide groups is 1. The molecule has 2 aliphatic heterocycles. The molecule has 1 unspecified atom stereocenters. The Balaban J connectivity index is 1.72. The number of aromatic nitrogens is 3. The number of nitrogens with two attached hydrogens (primary N) is 1. The third-order valence-electron chi connectivity index (χ3n) is 3.69. The second-order valence-corrected chi connectivity index (χ2v) is 5.12. The van der Waals surface area contributed by atoms with E-state index in [1.54, 1.807) is 0 Å². The average Bonchev–Trinajstić information content (AvgIpc) is 3.11. The van der Waals surface area contributed by atoms with Gasteiger partial charge in [-0.2, -0.15) is 0 Å². The number of rotatable bonds is 3. The van der Waals surface area contributed by atoms with Crippen LogP contribution >= 0.6 is 0 Å². The molecule has 2 fully saturated rings. The SMILES string of the molecule is NCCn1cc(C(=O)N2CCC3(C2)NC(=O)NC3=O)nn1. The average molecular weight is 293 g/mol. The standard InChI is InChI=1S/C11H15N7O3/c12-2-4-18-5-7(15-16-18)8(19)17-3-1-11(6-17)9(20)13-10(21)14-11/h5H,1-4,6,12H2,(H2,13,14,20,21). The van der Waals surface area contributed by atoms with Crippen molar-refractivity contribution < 1.29 is 14.4 Å². The van der Waals surface area contributed by atoms with Gasteiger partial charge in [0.05, 0.1) is 19.3 Å². The van der Waals surface area contributed by atoms with Gasteiger partial charge in [0.1, 0.15) is 5.54 Å². The number of hydrogen-bond acceptors (Lipinski definition) is 6. The topological polar surface area (TPSA) is 135 Å². The molecule has 21 heavy (non-hydrogen) atoms. The first-order valence-corrected chi connectivity index (χ1v) is 6.57. The Morgan fingerprint density at radius 1 is 1.48 bits per heavy atom. The molecular formula is C11H15N7O3. The van der Waals surface area contributed by atoms with E-state index in [0.29, 0.717) is 26.1 Å². The molecule has 1 aromatic rings. The summed E-state index contributed by atoms with van der Waals surface area (Å²) in [7, 11) is 0. The maximum atomic E-state index is 12.3. The molecule has 0 saturated carbocycles. The normalized spacial score (nSPS) is 24.5. The smallest absolute Gasteiger partial charge is 0.322 e. The lowest BCUT2D eigenvalue weighted by Crippen LogP contribution is -2.49. The first kappa shape index (κ1) is 13.5. The van der Waals surface area contributed by atoms with Crippen LogP contribution in [0.4, 0.5) is 4.79 Å². The monoisotopic (exact) mass is 293 g/mol. The van der Waals surface area contributed by atoms with Crippen molar-refractivity contribution >= 4 is 17.8 Å². The zero-order chi connectivity index (χ0) is 15.0. The molecule has 2 aliphatic rings. The Labute approximate surface area is 119 Å². The van der Waals surface area contributed by atoms with Crippen LogP contribution in [0.2, 0.25) is 0 Å². The predicted octanol–water partition coefficient (Wildman–Crippen LogP) is -2.34. The van der Waals surface area contributed by atoms with Crippen LogP contribution in [0.1, 0.15) is 16.9 Å². The van der Waals surface area contributed by atoms with E-state index < -0.39 is 17.5 Å². The summed E-state index contributed by atoms with van der Waals surface area (Å²) in [5, 5.41) is 12.4. The maximum absolute atomic E-state index is 12.3.